The zero-order chi connectivity index (χ0) is 15.3. The van der Waals surface area contributed by atoms with Crippen molar-refractivity contribution >= 4 is 14.4 Å². The van der Waals surface area contributed by atoms with Crippen LogP contribution in [0.3, 0.4) is 0 Å². The van der Waals surface area contributed by atoms with Gasteiger partial charge in [0.25, 0.3) is 0 Å². The van der Waals surface area contributed by atoms with Crippen molar-refractivity contribution in [2.45, 2.75) is 49.4 Å². The predicted molar refractivity (Wildman–Crippen MR) is 94.1 cm³/mol. The van der Waals surface area contributed by atoms with E-state index in [1.54, 1.807) is 0 Å². The highest BCUT2D eigenvalue weighted by Gasteiger charge is 2.45. The number of rotatable bonds is 8. The van der Waals surface area contributed by atoms with Gasteiger partial charge in [0.2, 0.25) is 0 Å². The van der Waals surface area contributed by atoms with Gasteiger partial charge < -0.3 is 0 Å². The van der Waals surface area contributed by atoms with Crippen LogP contribution < -0.4 is 0 Å². The molecule has 0 aromatic rings. The number of allylic oxidation sites excluding steroid dienone is 5. The number of fused-ring (bicyclic) bond motifs is 1. The van der Waals surface area contributed by atoms with Crippen LogP contribution in [0.1, 0.15) is 25.7 Å². The number of hydrogen-bond donors (Lipinski definition) is 0. The zero-order valence-corrected chi connectivity index (χ0v) is 14.1. The van der Waals surface area contributed by atoms with Crippen LogP contribution in [0.15, 0.2) is 49.6 Å². The summed E-state index contributed by atoms with van der Waals surface area (Å²) in [7, 11) is -1.69. The van der Waals surface area contributed by atoms with Crippen molar-refractivity contribution in [1.82, 2.24) is 0 Å². The molecule has 1 nitrogen and oxygen atoms in total. The van der Waals surface area contributed by atoms with Crippen molar-refractivity contribution in [1.29, 1.82) is 0 Å². The smallest absolute Gasteiger partial charge is 0.145 e. The number of hydrogen-bond acceptors (Lipinski definition) is 1. The lowest BCUT2D eigenvalue weighted by Crippen LogP contribution is -2.42. The summed E-state index contributed by atoms with van der Waals surface area (Å²) in [6.45, 7) is 11.9. The fourth-order valence-corrected chi connectivity index (χ4v) is 9.40. The Morgan fingerprint density at radius 3 is 2.24 bits per heavy atom. The molecule has 1 saturated carbocycles. The lowest BCUT2D eigenvalue weighted by atomic mass is 9.83. The fourth-order valence-electron chi connectivity index (χ4n) is 4.64. The van der Waals surface area contributed by atoms with Crippen LogP contribution in [0.2, 0.25) is 23.7 Å². The molecule has 0 heterocycles. The lowest BCUT2D eigenvalue weighted by Gasteiger charge is -2.42. The molecule has 0 amide bonds. The second kappa shape index (κ2) is 7.21. The number of carbonyl (C=O) groups excluding carboxylic acids is 1. The third-order valence-electron chi connectivity index (χ3n) is 5.59. The average molecular weight is 301 g/mol. The van der Waals surface area contributed by atoms with Crippen molar-refractivity contribution in [2.24, 2.45) is 11.8 Å². The molecular formula is C19H28OSi. The summed E-state index contributed by atoms with van der Waals surface area (Å²) in [5.74, 6) is 1.45. The number of aldehydes is 1. The van der Waals surface area contributed by atoms with E-state index in [1.807, 2.05) is 0 Å². The van der Waals surface area contributed by atoms with Gasteiger partial charge in [-0.25, -0.2) is 0 Å². The molecule has 0 spiro atoms. The molecule has 0 bridgehead atoms. The van der Waals surface area contributed by atoms with Crippen LogP contribution in [-0.4, -0.2) is 14.4 Å². The van der Waals surface area contributed by atoms with Crippen molar-refractivity contribution < 1.29 is 4.79 Å². The SMILES string of the molecule is C=CC[Si](CC=C)(CC=C)C1C[C@H]2CCC[C@H]2C=C1C=O. The first-order valence-electron chi connectivity index (χ1n) is 8.20. The van der Waals surface area contributed by atoms with Crippen molar-refractivity contribution in [3.05, 3.63) is 49.6 Å². The molecule has 3 atom stereocenters. The van der Waals surface area contributed by atoms with Gasteiger partial charge in [-0.1, -0.05) is 30.7 Å². The predicted octanol–water partition coefficient (Wildman–Crippen LogP) is 5.31. The Balaban J connectivity index is 2.38. The molecule has 0 aromatic heterocycles. The van der Waals surface area contributed by atoms with E-state index in [0.29, 0.717) is 11.5 Å². The maximum absolute atomic E-state index is 11.7. The minimum atomic E-state index is -1.69. The van der Waals surface area contributed by atoms with Crippen LogP contribution in [0.25, 0.3) is 0 Å². The normalized spacial score (nSPS) is 28.4. The summed E-state index contributed by atoms with van der Waals surface area (Å²) >= 11 is 0. The first-order chi connectivity index (χ1) is 10.2. The Labute approximate surface area is 130 Å². The topological polar surface area (TPSA) is 17.1 Å². The van der Waals surface area contributed by atoms with Crippen molar-refractivity contribution in [3.63, 3.8) is 0 Å². The Morgan fingerprint density at radius 1 is 1.10 bits per heavy atom. The summed E-state index contributed by atoms with van der Waals surface area (Å²) < 4.78 is 0. The molecule has 114 valence electrons. The van der Waals surface area contributed by atoms with Crippen LogP contribution in [0, 0.1) is 11.8 Å². The second-order valence-corrected chi connectivity index (χ2v) is 11.4. The van der Waals surface area contributed by atoms with Gasteiger partial charge in [-0.05, 0) is 60.3 Å². The molecule has 0 aliphatic heterocycles. The molecule has 0 radical (unpaired) electrons. The molecular weight excluding hydrogens is 272 g/mol. The van der Waals surface area contributed by atoms with Gasteiger partial charge in [0.05, 0.1) is 8.07 Å². The third kappa shape index (κ3) is 3.21. The van der Waals surface area contributed by atoms with Crippen molar-refractivity contribution in [3.8, 4) is 0 Å². The molecule has 2 heteroatoms. The fraction of sp³-hybridized carbons (Fsp3) is 0.526. The standard InChI is InChI=1S/C19H28OSi/c1-4-10-21(11-5-2,12-6-3)19-14-17-9-7-8-16(17)13-18(19)15-20/h4-6,13,15-17,19H,1-3,7-12,14H2/t16-,17+,19?/m0/s1. The van der Waals surface area contributed by atoms with Crippen LogP contribution >= 0.6 is 0 Å². The lowest BCUT2D eigenvalue weighted by molar-refractivity contribution is -0.105. The van der Waals surface area contributed by atoms with Crippen LogP contribution in [0.5, 0.6) is 0 Å². The van der Waals surface area contributed by atoms with Gasteiger partial charge in [0.1, 0.15) is 6.29 Å². The van der Waals surface area contributed by atoms with E-state index in [4.69, 9.17) is 0 Å². The van der Waals surface area contributed by atoms with E-state index in [1.165, 1.54) is 25.7 Å². The summed E-state index contributed by atoms with van der Waals surface area (Å²) in [6.07, 6.45) is 14.8. The van der Waals surface area contributed by atoms with E-state index in [9.17, 15) is 4.79 Å². The van der Waals surface area contributed by atoms with Gasteiger partial charge in [0, 0.05) is 0 Å². The minimum absolute atomic E-state index is 0.461. The molecule has 0 saturated heterocycles. The van der Waals surface area contributed by atoms with Gasteiger partial charge in [0.15, 0.2) is 0 Å². The first-order valence-corrected chi connectivity index (χ1v) is 10.9. The van der Waals surface area contributed by atoms with Gasteiger partial charge >= 0.3 is 0 Å². The zero-order valence-electron chi connectivity index (χ0n) is 13.1. The molecule has 1 unspecified atom stereocenters. The second-order valence-electron chi connectivity index (χ2n) is 6.77. The summed E-state index contributed by atoms with van der Waals surface area (Å²) in [4.78, 5) is 11.7. The minimum Gasteiger partial charge on any atom is -0.298 e. The average Bonchev–Trinajstić information content (AvgIpc) is 2.93. The van der Waals surface area contributed by atoms with E-state index < -0.39 is 8.07 Å². The molecule has 0 aromatic carbocycles. The maximum atomic E-state index is 11.7. The van der Waals surface area contributed by atoms with E-state index in [-0.39, 0.29) is 0 Å². The highest BCUT2D eigenvalue weighted by Crippen LogP contribution is 2.51. The largest absolute Gasteiger partial charge is 0.298 e. The third-order valence-corrected chi connectivity index (χ3v) is 10.9. The van der Waals surface area contributed by atoms with Gasteiger partial charge in [-0.15, -0.1) is 19.7 Å². The Hall–Kier alpha value is -1.15. The van der Waals surface area contributed by atoms with E-state index in [0.717, 1.165) is 35.9 Å². The first kappa shape index (κ1) is 16.2. The Bertz CT molecular complexity index is 422. The quantitative estimate of drug-likeness (QED) is 0.337. The molecule has 2 rings (SSSR count). The van der Waals surface area contributed by atoms with Crippen LogP contribution in [0.4, 0.5) is 0 Å². The molecule has 2 aliphatic rings. The molecule has 2 aliphatic carbocycles. The molecule has 1 fully saturated rings. The Morgan fingerprint density at radius 2 is 1.71 bits per heavy atom. The van der Waals surface area contributed by atoms with E-state index >= 15 is 0 Å². The monoisotopic (exact) mass is 300 g/mol. The Kier molecular flexibility index (Phi) is 5.57. The van der Waals surface area contributed by atoms with Crippen molar-refractivity contribution in [2.75, 3.05) is 0 Å². The van der Waals surface area contributed by atoms with Gasteiger partial charge in [-0.2, -0.15) is 0 Å². The highest BCUT2D eigenvalue weighted by atomic mass is 28.3. The summed E-state index contributed by atoms with van der Waals surface area (Å²) in [5.41, 5.74) is 1.54. The van der Waals surface area contributed by atoms with Gasteiger partial charge in [-0.3, -0.25) is 4.79 Å². The number of carbonyl (C=O) groups is 1. The summed E-state index contributed by atoms with van der Waals surface area (Å²) in [5, 5.41) is 0. The highest BCUT2D eigenvalue weighted by molar-refractivity contribution is 6.83. The maximum Gasteiger partial charge on any atom is 0.145 e. The molecule has 21 heavy (non-hydrogen) atoms. The summed E-state index contributed by atoms with van der Waals surface area (Å²) in [6, 6.07) is 3.16. The molecule has 0 N–H and O–H groups in total. The van der Waals surface area contributed by atoms with Crippen LogP contribution in [-0.2, 0) is 4.79 Å². The van der Waals surface area contributed by atoms with E-state index in [2.05, 4.69) is 44.0 Å².